The second-order valence-electron chi connectivity index (χ2n) is 3.26. The Bertz CT molecular complexity index is 109. The van der Waals surface area contributed by atoms with Gasteiger partial charge in [0.1, 0.15) is 6.10 Å². The fraction of sp³-hybridized carbons (Fsp3) is 0.857. The van der Waals surface area contributed by atoms with E-state index in [1.807, 2.05) is 0 Å². The Hall–Kier alpha value is -0.370. The fourth-order valence-corrected chi connectivity index (χ4v) is 0.610. The topological polar surface area (TPSA) is 37.0 Å². The van der Waals surface area contributed by atoms with Gasteiger partial charge in [-0.3, -0.25) is 4.79 Å². The lowest BCUT2D eigenvalue weighted by atomic mass is 9.88. The fourth-order valence-electron chi connectivity index (χ4n) is 0.610. The minimum Gasteiger partial charge on any atom is -0.296 e. The molecule has 9 heavy (non-hydrogen) atoms. The van der Waals surface area contributed by atoms with E-state index in [9.17, 15) is 9.90 Å². The number of hydrogen-bond donors (Lipinski definition) is 0. The molecule has 0 aliphatic carbocycles. The van der Waals surface area contributed by atoms with Crippen molar-refractivity contribution in [3.8, 4) is 0 Å². The second-order valence-corrected chi connectivity index (χ2v) is 3.26. The maximum absolute atomic E-state index is 10.9. The highest BCUT2D eigenvalue weighted by atomic mass is 16.3. The molecule has 0 saturated heterocycles. The lowest BCUT2D eigenvalue weighted by molar-refractivity contribution is -0.137. The molecule has 2 heteroatoms. The van der Waals surface area contributed by atoms with Crippen molar-refractivity contribution in [1.29, 1.82) is 0 Å². The van der Waals surface area contributed by atoms with Crippen molar-refractivity contribution in [2.24, 2.45) is 5.41 Å². The van der Waals surface area contributed by atoms with Crippen LogP contribution in [0, 0.1) is 5.41 Å². The first kappa shape index (κ1) is 8.63. The highest BCUT2D eigenvalue weighted by Crippen LogP contribution is 2.16. The summed E-state index contributed by atoms with van der Waals surface area (Å²) >= 11 is 0. The Morgan fingerprint density at radius 1 is 1.33 bits per heavy atom. The number of Topliss-reactive ketones (excluding diaryl/α,β-unsaturated/α-hetero) is 1. The zero-order chi connectivity index (χ0) is 7.65. The molecule has 0 heterocycles. The first-order valence-electron chi connectivity index (χ1n) is 3.06. The summed E-state index contributed by atoms with van der Waals surface area (Å²) in [5.74, 6) is -0.220. The van der Waals surface area contributed by atoms with E-state index in [1.54, 1.807) is 20.8 Å². The molecule has 0 aromatic carbocycles. The Labute approximate surface area is 55.9 Å². The molecule has 0 saturated carbocycles. The molecule has 2 nitrogen and oxygen atoms in total. The van der Waals surface area contributed by atoms with Crippen LogP contribution >= 0.6 is 0 Å². The number of hydrogen-bond acceptors (Lipinski definition) is 1. The highest BCUT2D eigenvalue weighted by Gasteiger charge is 2.25. The molecule has 0 aromatic heterocycles. The molecule has 0 fully saturated rings. The van der Waals surface area contributed by atoms with Gasteiger partial charge in [-0.05, 0) is 6.92 Å². The Morgan fingerprint density at radius 3 is 1.67 bits per heavy atom. The van der Waals surface area contributed by atoms with E-state index < -0.39 is 11.5 Å². The molecule has 0 amide bonds. The van der Waals surface area contributed by atoms with Crippen LogP contribution in [0.15, 0.2) is 0 Å². The molecule has 0 aliphatic heterocycles. The van der Waals surface area contributed by atoms with Gasteiger partial charge < -0.3 is 0 Å². The van der Waals surface area contributed by atoms with Crippen LogP contribution in [0.3, 0.4) is 0 Å². The summed E-state index contributed by atoms with van der Waals surface area (Å²) in [6.45, 7) is 6.64. The van der Waals surface area contributed by atoms with Gasteiger partial charge in [0.05, 0.1) is 0 Å². The van der Waals surface area contributed by atoms with E-state index in [1.165, 1.54) is 6.92 Å². The number of carbonyl (C=O) groups excluding carboxylic acids is 1. The van der Waals surface area contributed by atoms with Crippen LogP contribution < -0.4 is 0 Å². The van der Waals surface area contributed by atoms with Gasteiger partial charge in [-0.15, -0.1) is 0 Å². The molecule has 1 unspecified atom stereocenters. The first-order chi connectivity index (χ1) is 3.85. The monoisotopic (exact) mass is 129 g/mol. The van der Waals surface area contributed by atoms with Crippen LogP contribution in [0.25, 0.3) is 0 Å². The van der Waals surface area contributed by atoms with Crippen LogP contribution in [0.4, 0.5) is 0 Å². The Morgan fingerprint density at radius 2 is 1.67 bits per heavy atom. The predicted molar refractivity (Wildman–Crippen MR) is 34.6 cm³/mol. The van der Waals surface area contributed by atoms with Crippen LogP contribution in [-0.2, 0) is 9.90 Å². The number of carbonyl (C=O) groups is 1. The second kappa shape index (κ2) is 2.48. The van der Waals surface area contributed by atoms with Gasteiger partial charge in [-0.1, -0.05) is 20.8 Å². The molecule has 0 aliphatic rings. The summed E-state index contributed by atoms with van der Waals surface area (Å²) in [6, 6.07) is 0. The SMILES string of the molecule is CC([O])C(=O)C(C)(C)C. The van der Waals surface area contributed by atoms with Crippen molar-refractivity contribution in [3.63, 3.8) is 0 Å². The Kier molecular flexibility index (Phi) is 2.38. The molecule has 0 aromatic rings. The largest absolute Gasteiger partial charge is 0.296 e. The molecule has 0 spiro atoms. The van der Waals surface area contributed by atoms with Crippen LogP contribution in [0.2, 0.25) is 0 Å². The minimum atomic E-state index is -1.08. The van der Waals surface area contributed by atoms with Crippen LogP contribution in [-0.4, -0.2) is 11.9 Å². The lowest BCUT2D eigenvalue weighted by Gasteiger charge is -2.16. The third kappa shape index (κ3) is 2.61. The number of ketones is 1. The maximum Gasteiger partial charge on any atom is 0.169 e. The molecule has 53 valence electrons. The van der Waals surface area contributed by atoms with Gasteiger partial charge in [0.25, 0.3) is 0 Å². The third-order valence-electron chi connectivity index (χ3n) is 1.11. The van der Waals surface area contributed by atoms with Crippen molar-refractivity contribution >= 4 is 5.78 Å². The standard InChI is InChI=1S/C7H13O2/c1-5(8)6(9)7(2,3)4/h5H,1-4H3. The Balaban J connectivity index is 4.06. The highest BCUT2D eigenvalue weighted by molar-refractivity contribution is 5.87. The molecule has 0 bridgehead atoms. The van der Waals surface area contributed by atoms with E-state index in [4.69, 9.17) is 0 Å². The lowest BCUT2D eigenvalue weighted by Crippen LogP contribution is -2.29. The van der Waals surface area contributed by atoms with Gasteiger partial charge in [0, 0.05) is 5.41 Å². The van der Waals surface area contributed by atoms with Crippen molar-refractivity contribution in [2.75, 3.05) is 0 Å². The number of rotatable bonds is 1. The van der Waals surface area contributed by atoms with Crippen molar-refractivity contribution in [3.05, 3.63) is 0 Å². The van der Waals surface area contributed by atoms with E-state index in [2.05, 4.69) is 0 Å². The van der Waals surface area contributed by atoms with Gasteiger partial charge in [0.15, 0.2) is 5.78 Å². The average Bonchev–Trinajstić information content (AvgIpc) is 1.62. The summed E-state index contributed by atoms with van der Waals surface area (Å²) in [4.78, 5) is 10.9. The van der Waals surface area contributed by atoms with Gasteiger partial charge in [-0.25, -0.2) is 5.11 Å². The van der Waals surface area contributed by atoms with Gasteiger partial charge in [-0.2, -0.15) is 0 Å². The normalized spacial score (nSPS) is 15.2. The van der Waals surface area contributed by atoms with Crippen molar-refractivity contribution < 1.29 is 9.90 Å². The quantitative estimate of drug-likeness (QED) is 0.527. The summed E-state index contributed by atoms with van der Waals surface area (Å²) in [6.07, 6.45) is -1.08. The van der Waals surface area contributed by atoms with E-state index in [0.29, 0.717) is 0 Å². The van der Waals surface area contributed by atoms with E-state index in [-0.39, 0.29) is 5.78 Å². The molecule has 1 atom stereocenters. The molecular weight excluding hydrogens is 116 g/mol. The van der Waals surface area contributed by atoms with Crippen LogP contribution in [0.1, 0.15) is 27.7 Å². The molecule has 0 rings (SSSR count). The van der Waals surface area contributed by atoms with Gasteiger partial charge >= 0.3 is 0 Å². The predicted octanol–water partition coefficient (Wildman–Crippen LogP) is 1.42. The molecule has 1 radical (unpaired) electrons. The molecule has 0 N–H and O–H groups in total. The minimum absolute atomic E-state index is 0.220. The average molecular weight is 129 g/mol. The zero-order valence-electron chi connectivity index (χ0n) is 6.39. The maximum atomic E-state index is 10.9. The summed E-state index contributed by atoms with van der Waals surface area (Å²) < 4.78 is 0. The zero-order valence-corrected chi connectivity index (χ0v) is 6.39. The summed E-state index contributed by atoms with van der Waals surface area (Å²) in [7, 11) is 0. The van der Waals surface area contributed by atoms with Gasteiger partial charge in [0.2, 0.25) is 0 Å². The summed E-state index contributed by atoms with van der Waals surface area (Å²) in [5.41, 5.74) is -0.471. The van der Waals surface area contributed by atoms with E-state index in [0.717, 1.165) is 0 Å². The first-order valence-corrected chi connectivity index (χ1v) is 3.06. The smallest absolute Gasteiger partial charge is 0.169 e. The third-order valence-corrected chi connectivity index (χ3v) is 1.11. The molecular formula is C7H13O2. The van der Waals surface area contributed by atoms with Crippen LogP contribution in [0.5, 0.6) is 0 Å². The van der Waals surface area contributed by atoms with Crippen molar-refractivity contribution in [1.82, 2.24) is 0 Å². The van der Waals surface area contributed by atoms with E-state index >= 15 is 0 Å². The van der Waals surface area contributed by atoms with Crippen molar-refractivity contribution in [2.45, 2.75) is 33.8 Å². The summed E-state index contributed by atoms with van der Waals surface area (Å²) in [5, 5.41) is 10.5.